The van der Waals surface area contributed by atoms with Gasteiger partial charge in [0.2, 0.25) is 0 Å². The first-order valence-corrected chi connectivity index (χ1v) is 9.81. The normalized spacial score (nSPS) is 11.3. The molecule has 0 aliphatic heterocycles. The van der Waals surface area contributed by atoms with Gasteiger partial charge in [-0.2, -0.15) is 18.3 Å². The summed E-state index contributed by atoms with van der Waals surface area (Å²) in [5, 5.41) is 6.16. The van der Waals surface area contributed by atoms with E-state index in [2.05, 4.69) is 15.8 Å². The van der Waals surface area contributed by atoms with Crippen LogP contribution in [0.4, 0.5) is 13.2 Å². The van der Waals surface area contributed by atoms with Crippen LogP contribution in [0.2, 0.25) is 0 Å². The summed E-state index contributed by atoms with van der Waals surface area (Å²) < 4.78 is 54.3. The summed E-state index contributed by atoms with van der Waals surface area (Å²) >= 11 is 0. The number of carbonyl (C=O) groups excluding carboxylic acids is 2. The number of hydrazone groups is 1. The SMILES string of the molecule is COc1ccc(C(=O)NCC(=O)N/N=C\c2ccc(-c3cccc(C(F)(F)F)c3)o2)cc1OC. The minimum atomic E-state index is -4.47. The average molecular weight is 475 g/mol. The molecule has 0 fully saturated rings. The number of hydrogen-bond acceptors (Lipinski definition) is 6. The summed E-state index contributed by atoms with van der Waals surface area (Å²) in [4.78, 5) is 24.2. The van der Waals surface area contributed by atoms with Gasteiger partial charge in [-0.3, -0.25) is 9.59 Å². The molecule has 3 rings (SSSR count). The third-order valence-electron chi connectivity index (χ3n) is 4.54. The molecule has 178 valence electrons. The molecule has 0 unspecified atom stereocenters. The molecule has 1 heterocycles. The van der Waals surface area contributed by atoms with Gasteiger partial charge in [0.1, 0.15) is 11.5 Å². The maximum atomic E-state index is 12.9. The van der Waals surface area contributed by atoms with Gasteiger partial charge in [0.05, 0.1) is 32.5 Å². The van der Waals surface area contributed by atoms with Gasteiger partial charge < -0.3 is 19.2 Å². The third kappa shape index (κ3) is 6.15. The molecule has 0 saturated carbocycles. The van der Waals surface area contributed by atoms with Crippen LogP contribution >= 0.6 is 0 Å². The standard InChI is InChI=1S/C23H20F3N3O5/c1-32-19-8-6-15(11-20(19)33-2)22(31)27-13-21(30)29-28-12-17-7-9-18(34-17)14-4-3-5-16(10-14)23(24,25)26/h3-12H,13H2,1-2H3,(H,27,31)(H,29,30)/b28-12-. The van der Waals surface area contributed by atoms with E-state index in [9.17, 15) is 22.8 Å². The number of ether oxygens (including phenoxy) is 2. The van der Waals surface area contributed by atoms with E-state index in [1.807, 2.05) is 0 Å². The maximum Gasteiger partial charge on any atom is 0.416 e. The van der Waals surface area contributed by atoms with Gasteiger partial charge in [-0.05, 0) is 42.5 Å². The highest BCUT2D eigenvalue weighted by Gasteiger charge is 2.30. The van der Waals surface area contributed by atoms with Crippen LogP contribution < -0.4 is 20.2 Å². The molecule has 0 bridgehead atoms. The number of benzene rings is 2. The quantitative estimate of drug-likeness (QED) is 0.381. The van der Waals surface area contributed by atoms with Gasteiger partial charge in [-0.1, -0.05) is 12.1 Å². The zero-order valence-corrected chi connectivity index (χ0v) is 18.1. The molecule has 0 aliphatic rings. The van der Waals surface area contributed by atoms with Crippen LogP contribution in [0.15, 0.2) is 64.1 Å². The van der Waals surface area contributed by atoms with E-state index in [1.165, 1.54) is 56.8 Å². The van der Waals surface area contributed by atoms with Gasteiger partial charge in [0.15, 0.2) is 11.5 Å². The minimum Gasteiger partial charge on any atom is -0.493 e. The summed E-state index contributed by atoms with van der Waals surface area (Å²) in [6, 6.07) is 12.2. The van der Waals surface area contributed by atoms with Crippen LogP contribution in [0.5, 0.6) is 11.5 Å². The molecular weight excluding hydrogens is 455 g/mol. The number of alkyl halides is 3. The summed E-state index contributed by atoms with van der Waals surface area (Å²) in [6.45, 7) is -0.349. The molecule has 2 amide bonds. The molecule has 34 heavy (non-hydrogen) atoms. The second-order valence-corrected chi connectivity index (χ2v) is 6.83. The fourth-order valence-electron chi connectivity index (χ4n) is 2.87. The molecule has 0 aliphatic carbocycles. The van der Waals surface area contributed by atoms with E-state index in [0.717, 1.165) is 12.1 Å². The first-order valence-electron chi connectivity index (χ1n) is 9.81. The van der Waals surface area contributed by atoms with Crippen molar-refractivity contribution in [3.05, 3.63) is 71.5 Å². The Morgan fingerprint density at radius 1 is 1.03 bits per heavy atom. The Labute approximate surface area is 192 Å². The predicted molar refractivity (Wildman–Crippen MR) is 117 cm³/mol. The van der Waals surface area contributed by atoms with Crippen LogP contribution in [0.3, 0.4) is 0 Å². The molecule has 2 aromatic carbocycles. The number of rotatable bonds is 8. The van der Waals surface area contributed by atoms with Crippen LogP contribution in [-0.2, 0) is 11.0 Å². The molecule has 8 nitrogen and oxygen atoms in total. The third-order valence-corrected chi connectivity index (χ3v) is 4.54. The molecule has 11 heteroatoms. The Bertz CT molecular complexity index is 1200. The second-order valence-electron chi connectivity index (χ2n) is 6.83. The lowest BCUT2D eigenvalue weighted by atomic mass is 10.1. The topological polar surface area (TPSA) is 102 Å². The molecule has 0 atom stereocenters. The van der Waals surface area contributed by atoms with Crippen molar-refractivity contribution in [2.45, 2.75) is 6.18 Å². The van der Waals surface area contributed by atoms with E-state index in [-0.39, 0.29) is 29.2 Å². The van der Waals surface area contributed by atoms with E-state index in [4.69, 9.17) is 13.9 Å². The zero-order chi connectivity index (χ0) is 24.7. The zero-order valence-electron chi connectivity index (χ0n) is 18.1. The van der Waals surface area contributed by atoms with Crippen molar-refractivity contribution < 1.29 is 36.7 Å². The molecule has 0 radical (unpaired) electrons. The Morgan fingerprint density at radius 2 is 1.79 bits per heavy atom. The lowest BCUT2D eigenvalue weighted by molar-refractivity contribution is -0.137. The monoisotopic (exact) mass is 475 g/mol. The molecule has 0 spiro atoms. The number of carbonyl (C=O) groups is 2. The average Bonchev–Trinajstić information content (AvgIpc) is 3.30. The van der Waals surface area contributed by atoms with Crippen LogP contribution in [-0.4, -0.2) is 38.8 Å². The van der Waals surface area contributed by atoms with Gasteiger partial charge in [0, 0.05) is 11.1 Å². The molecule has 3 aromatic rings. The Kier molecular flexibility index (Phi) is 7.57. The molecular formula is C23H20F3N3O5. The van der Waals surface area contributed by atoms with Crippen LogP contribution in [0.1, 0.15) is 21.7 Å². The van der Waals surface area contributed by atoms with Crippen molar-refractivity contribution in [3.63, 3.8) is 0 Å². The minimum absolute atomic E-state index is 0.209. The number of furan rings is 1. The van der Waals surface area contributed by atoms with Crippen molar-refractivity contribution in [3.8, 4) is 22.8 Å². The number of halogens is 3. The number of nitrogens with zero attached hydrogens (tertiary/aromatic N) is 1. The number of nitrogens with one attached hydrogen (secondary N) is 2. The first kappa shape index (κ1) is 24.4. The Hall–Kier alpha value is -4.28. The number of methoxy groups -OCH3 is 2. The summed E-state index contributed by atoms with van der Waals surface area (Å²) in [5.41, 5.74) is 1.94. The number of amides is 2. The largest absolute Gasteiger partial charge is 0.493 e. The predicted octanol–water partition coefficient (Wildman–Crippen LogP) is 3.86. The fraction of sp³-hybridized carbons (Fsp3) is 0.174. The fourth-order valence-corrected chi connectivity index (χ4v) is 2.87. The highest BCUT2D eigenvalue weighted by Crippen LogP contribution is 2.32. The van der Waals surface area contributed by atoms with Crippen molar-refractivity contribution in [2.24, 2.45) is 5.10 Å². The molecule has 1 aromatic heterocycles. The first-order chi connectivity index (χ1) is 16.2. The smallest absolute Gasteiger partial charge is 0.416 e. The van der Waals surface area contributed by atoms with Gasteiger partial charge in [-0.25, -0.2) is 5.43 Å². The van der Waals surface area contributed by atoms with Gasteiger partial charge >= 0.3 is 6.18 Å². The van der Waals surface area contributed by atoms with Crippen molar-refractivity contribution in [1.82, 2.24) is 10.7 Å². The van der Waals surface area contributed by atoms with E-state index in [1.54, 1.807) is 6.07 Å². The van der Waals surface area contributed by atoms with E-state index >= 15 is 0 Å². The Morgan fingerprint density at radius 3 is 2.50 bits per heavy atom. The van der Waals surface area contributed by atoms with Crippen molar-refractivity contribution in [2.75, 3.05) is 20.8 Å². The molecule has 2 N–H and O–H groups in total. The van der Waals surface area contributed by atoms with E-state index < -0.39 is 23.6 Å². The highest BCUT2D eigenvalue weighted by atomic mass is 19.4. The van der Waals surface area contributed by atoms with Crippen LogP contribution in [0.25, 0.3) is 11.3 Å². The summed E-state index contributed by atoms with van der Waals surface area (Å²) in [7, 11) is 2.91. The summed E-state index contributed by atoms with van der Waals surface area (Å²) in [6.07, 6.45) is -3.28. The lowest BCUT2D eigenvalue weighted by Crippen LogP contribution is -2.34. The molecule has 0 saturated heterocycles. The Balaban J connectivity index is 1.53. The number of hydrogen-bond donors (Lipinski definition) is 2. The second kappa shape index (κ2) is 10.6. The highest BCUT2D eigenvalue weighted by molar-refractivity contribution is 5.97. The van der Waals surface area contributed by atoms with Gasteiger partial charge in [0.25, 0.3) is 11.8 Å². The maximum absolute atomic E-state index is 12.9. The van der Waals surface area contributed by atoms with Crippen LogP contribution in [0, 0.1) is 0 Å². The lowest BCUT2D eigenvalue weighted by Gasteiger charge is -2.09. The van der Waals surface area contributed by atoms with Crippen molar-refractivity contribution in [1.29, 1.82) is 0 Å². The van der Waals surface area contributed by atoms with Gasteiger partial charge in [-0.15, -0.1) is 0 Å². The van der Waals surface area contributed by atoms with E-state index in [0.29, 0.717) is 11.5 Å². The summed E-state index contributed by atoms with van der Waals surface area (Å²) in [5.74, 6) is 0.141. The van der Waals surface area contributed by atoms with Crippen molar-refractivity contribution >= 4 is 18.0 Å².